The van der Waals surface area contributed by atoms with Gasteiger partial charge in [0, 0.05) is 85.9 Å². The zero-order valence-electron chi connectivity index (χ0n) is 50.0. The molecule has 0 fully saturated rings. The SMILES string of the molecule is CO[C@H]1/C=C\C=C(/C)C(=O)NC2=CC(=O)C(CCCNCCCC3=C4C[C@@H](C)C[C@H](OC)[C@H](O)[C@@H](C)/C=C(\C)[C@H](OC(N)=O)[C@@H](OC)/C=C\C=C(/C)C(=O)NC(=CC3=O)C4=O)=C(C[C@@H](C)C[C@H](OC)[C@H](O)[C@@H](C)/C=C(\C)[C@@H]1OC(N)=O)C2=O. The van der Waals surface area contributed by atoms with Crippen molar-refractivity contribution in [2.24, 2.45) is 35.1 Å². The third-order valence-electron chi connectivity index (χ3n) is 15.4. The molecule has 21 heteroatoms. The largest absolute Gasteiger partial charge is 0.439 e. The Hall–Kier alpha value is -6.72. The third kappa shape index (κ3) is 19.7. The summed E-state index contributed by atoms with van der Waals surface area (Å²) in [6.07, 6.45) is 7.73. The molecule has 4 rings (SSSR count). The lowest BCUT2D eigenvalue weighted by Gasteiger charge is -2.30. The summed E-state index contributed by atoms with van der Waals surface area (Å²) >= 11 is 0. The maximum Gasteiger partial charge on any atom is 0.405 e. The number of primary amides is 2. The van der Waals surface area contributed by atoms with Gasteiger partial charge in [-0.3, -0.25) is 28.8 Å². The van der Waals surface area contributed by atoms with Crippen LogP contribution in [0.15, 0.2) is 117 Å². The molecule has 0 aromatic rings. The number of aliphatic hydroxyl groups is 2. The highest BCUT2D eigenvalue weighted by molar-refractivity contribution is 6.24. The van der Waals surface area contributed by atoms with Gasteiger partial charge < -0.3 is 66.1 Å². The number of nitrogens with two attached hydrogens (primary N) is 2. The van der Waals surface area contributed by atoms with Crippen molar-refractivity contribution >= 4 is 47.1 Å². The van der Waals surface area contributed by atoms with E-state index < -0.39 is 108 Å². The normalized spacial score (nSPS) is 32.3. The van der Waals surface area contributed by atoms with E-state index in [9.17, 15) is 48.6 Å². The van der Waals surface area contributed by atoms with Gasteiger partial charge in [-0.05, 0) is 115 Å². The van der Waals surface area contributed by atoms with E-state index in [1.165, 1.54) is 66.6 Å². The molecule has 0 spiro atoms. The first-order valence-electron chi connectivity index (χ1n) is 28.1. The predicted molar refractivity (Wildman–Crippen MR) is 310 cm³/mol. The van der Waals surface area contributed by atoms with Gasteiger partial charge in [0.05, 0.1) is 35.8 Å². The van der Waals surface area contributed by atoms with E-state index in [0.717, 1.165) is 12.2 Å². The number of aliphatic hydroxyl groups excluding tert-OH is 2. The molecule has 4 aliphatic rings. The minimum atomic E-state index is -1.05. The number of carbonyl (C=O) groups excluding carboxylic acids is 8. The van der Waals surface area contributed by atoms with Crippen molar-refractivity contribution in [3.8, 4) is 0 Å². The number of rotatable bonds is 14. The first kappa shape index (κ1) is 68.8. The molecule has 83 heavy (non-hydrogen) atoms. The summed E-state index contributed by atoms with van der Waals surface area (Å²) in [5.74, 6) is -4.80. The van der Waals surface area contributed by atoms with Gasteiger partial charge in [0.1, 0.15) is 12.2 Å². The monoisotopic (exact) mass is 1160 g/mol. The van der Waals surface area contributed by atoms with E-state index in [1.807, 2.05) is 13.8 Å². The zero-order valence-corrected chi connectivity index (χ0v) is 50.0. The Morgan fingerprint density at radius 1 is 0.590 bits per heavy atom. The van der Waals surface area contributed by atoms with Crippen LogP contribution in [0.2, 0.25) is 0 Å². The number of ether oxygens (including phenoxy) is 6. The number of hydrogen-bond donors (Lipinski definition) is 7. The van der Waals surface area contributed by atoms with Gasteiger partial charge in [-0.2, -0.15) is 0 Å². The van der Waals surface area contributed by atoms with Crippen LogP contribution in [0.4, 0.5) is 9.59 Å². The van der Waals surface area contributed by atoms with Gasteiger partial charge >= 0.3 is 12.2 Å². The summed E-state index contributed by atoms with van der Waals surface area (Å²) in [7, 11) is 5.77. The molecule has 2 aliphatic heterocycles. The molecule has 0 aromatic heterocycles. The average molecular weight is 1160 g/mol. The summed E-state index contributed by atoms with van der Waals surface area (Å²) in [5.41, 5.74) is 13.1. The van der Waals surface area contributed by atoms with E-state index in [4.69, 9.17) is 39.9 Å². The van der Waals surface area contributed by atoms with Crippen molar-refractivity contribution in [3.63, 3.8) is 0 Å². The van der Waals surface area contributed by atoms with Crippen molar-refractivity contribution in [3.05, 3.63) is 117 Å². The fraction of sp³-hybridized carbons (Fsp3) is 0.548. The van der Waals surface area contributed by atoms with E-state index >= 15 is 0 Å². The highest BCUT2D eigenvalue weighted by Gasteiger charge is 2.36. The van der Waals surface area contributed by atoms with Crippen LogP contribution in [0.1, 0.15) is 107 Å². The first-order chi connectivity index (χ1) is 39.3. The van der Waals surface area contributed by atoms with Crippen molar-refractivity contribution in [2.45, 2.75) is 156 Å². The van der Waals surface area contributed by atoms with Gasteiger partial charge in [0.2, 0.25) is 11.6 Å². The summed E-state index contributed by atoms with van der Waals surface area (Å²) < 4.78 is 33.7. The number of nitrogens with one attached hydrogen (secondary N) is 3. The van der Waals surface area contributed by atoms with Gasteiger partial charge in [-0.25, -0.2) is 9.59 Å². The fourth-order valence-corrected chi connectivity index (χ4v) is 10.7. The van der Waals surface area contributed by atoms with Crippen LogP contribution in [0, 0.1) is 23.7 Å². The van der Waals surface area contributed by atoms with Gasteiger partial charge in [-0.15, -0.1) is 0 Å². The number of allylic oxidation sites excluding steroid dienone is 10. The maximum absolute atomic E-state index is 14.3. The Bertz CT molecular complexity index is 2560. The molecule has 0 unspecified atom stereocenters. The summed E-state index contributed by atoms with van der Waals surface area (Å²) in [6.45, 7) is 14.6. The summed E-state index contributed by atoms with van der Waals surface area (Å²) in [6, 6.07) is 0. The van der Waals surface area contributed by atoms with Crippen LogP contribution in [-0.4, -0.2) is 148 Å². The predicted octanol–water partition coefficient (Wildman–Crippen LogP) is 5.77. The topological polar surface area (TPSA) is 321 Å². The standard InChI is InChI=1S/C62H87N5O16/c1-33-25-43-41(47(68)31-45(55(43)72)66-59(74)35(3)17-13-21-49(78-9)57(82-61(63)76)39(7)29-37(5)53(70)51(27-33)80-11)19-15-23-65-24-16-20-42-44-26-34(2)28-52(81-12)54(71)38(6)30-40(8)58(83-62(64)77)50(79-10)22-14-18-36(4)60(75)67-46(56(44)73)32-48(42)69/h13-14,17-18,21-22,29-34,37-38,49-54,57-58,65,70-71H,15-16,19-20,23-28H2,1-12H3,(H2,63,76)(H2,64,77)(H,66,74)(H,67,75)/b21-13-,22-14-,35-17+,36-18+,39-29+,40-30+/t33-,34-,37+,38+,49+,50+,51+,52+,53-,54-,57+,58+/m1/s1. The molecule has 2 heterocycles. The lowest BCUT2D eigenvalue weighted by molar-refractivity contribution is -0.120. The van der Waals surface area contributed by atoms with Crippen molar-refractivity contribution in [2.75, 3.05) is 41.5 Å². The fourth-order valence-electron chi connectivity index (χ4n) is 10.7. The minimum Gasteiger partial charge on any atom is -0.439 e. The van der Waals surface area contributed by atoms with Crippen LogP contribution in [-0.2, 0) is 57.2 Å². The molecule has 4 amide bonds. The number of ketones is 4. The molecule has 456 valence electrons. The Balaban J connectivity index is 1.56. The van der Waals surface area contributed by atoms with Crippen molar-refractivity contribution in [1.82, 2.24) is 16.0 Å². The minimum absolute atomic E-state index is 0.127. The van der Waals surface area contributed by atoms with Gasteiger partial charge in [0.15, 0.2) is 23.8 Å². The summed E-state index contributed by atoms with van der Waals surface area (Å²) in [5, 5.41) is 31.8. The second kappa shape index (κ2) is 32.9. The smallest absolute Gasteiger partial charge is 0.405 e. The number of fused-ring (bicyclic) bond motifs is 4. The summed E-state index contributed by atoms with van der Waals surface area (Å²) in [4.78, 5) is 108. The van der Waals surface area contributed by atoms with E-state index in [-0.39, 0.29) is 84.0 Å². The Kier molecular flexibility index (Phi) is 27.3. The van der Waals surface area contributed by atoms with Gasteiger partial charge in [0.25, 0.3) is 11.8 Å². The van der Waals surface area contributed by atoms with Crippen LogP contribution in [0.5, 0.6) is 0 Å². The molecule has 2 aliphatic carbocycles. The van der Waals surface area contributed by atoms with Crippen LogP contribution >= 0.6 is 0 Å². The first-order valence-corrected chi connectivity index (χ1v) is 28.1. The number of hydrogen-bond acceptors (Lipinski definition) is 17. The Morgan fingerprint density at radius 2 is 0.952 bits per heavy atom. The van der Waals surface area contributed by atoms with Crippen LogP contribution in [0.3, 0.4) is 0 Å². The van der Waals surface area contributed by atoms with Crippen LogP contribution in [0.25, 0.3) is 0 Å². The quantitative estimate of drug-likeness (QED) is 0.0616. The molecule has 4 bridgehead atoms. The number of carbonyl (C=O) groups is 8. The highest BCUT2D eigenvalue weighted by atomic mass is 16.6. The van der Waals surface area contributed by atoms with E-state index in [0.29, 0.717) is 48.2 Å². The van der Waals surface area contributed by atoms with E-state index in [2.05, 4.69) is 16.0 Å². The number of amides is 4. The maximum atomic E-state index is 14.3. The third-order valence-corrected chi connectivity index (χ3v) is 15.4. The zero-order chi connectivity index (χ0) is 61.8. The van der Waals surface area contributed by atoms with E-state index in [1.54, 1.807) is 52.0 Å². The van der Waals surface area contributed by atoms with Gasteiger partial charge in [-0.1, -0.05) is 76.3 Å². The van der Waals surface area contributed by atoms with Crippen molar-refractivity contribution in [1.29, 1.82) is 0 Å². The highest BCUT2D eigenvalue weighted by Crippen LogP contribution is 2.33. The lowest BCUT2D eigenvalue weighted by Crippen LogP contribution is -2.37. The molecule has 21 nitrogen and oxygen atoms in total. The average Bonchev–Trinajstić information content (AvgIpc) is 3.60. The molecule has 0 saturated carbocycles. The Labute approximate surface area is 487 Å². The molecule has 9 N–H and O–H groups in total. The molecular weight excluding hydrogens is 1070 g/mol. The second-order valence-electron chi connectivity index (χ2n) is 22.0. The molecule has 0 saturated heterocycles. The number of Topliss-reactive ketones (excluding diaryl/α,β-unsaturated/α-hetero) is 2. The lowest BCUT2D eigenvalue weighted by atomic mass is 9.82. The van der Waals surface area contributed by atoms with Crippen molar-refractivity contribution < 1.29 is 77.0 Å². The molecule has 0 radical (unpaired) electrons. The van der Waals surface area contributed by atoms with Crippen LogP contribution < -0.4 is 27.4 Å². The molecular formula is C62H87N5O16. The second-order valence-corrected chi connectivity index (χ2v) is 22.0. The Morgan fingerprint density at radius 3 is 1.28 bits per heavy atom. The molecule has 0 aromatic carbocycles. The molecule has 12 atom stereocenters. The number of methoxy groups -OCH3 is 4.